The van der Waals surface area contributed by atoms with E-state index in [0.29, 0.717) is 30.0 Å². The van der Waals surface area contributed by atoms with E-state index in [2.05, 4.69) is 17.1 Å². The molecule has 1 unspecified atom stereocenters. The van der Waals surface area contributed by atoms with Crippen molar-refractivity contribution in [1.29, 1.82) is 0 Å². The molecule has 1 saturated carbocycles. The highest BCUT2D eigenvalue weighted by molar-refractivity contribution is 5.71. The van der Waals surface area contributed by atoms with E-state index in [-0.39, 0.29) is 25.0 Å². The van der Waals surface area contributed by atoms with Crippen molar-refractivity contribution in [1.82, 2.24) is 4.98 Å². The summed E-state index contributed by atoms with van der Waals surface area (Å²) in [5, 5.41) is 11.8. The molecule has 1 heterocycles. The van der Waals surface area contributed by atoms with Crippen molar-refractivity contribution in [3.63, 3.8) is 0 Å². The third-order valence-corrected chi connectivity index (χ3v) is 7.30. The van der Waals surface area contributed by atoms with Gasteiger partial charge < -0.3 is 19.3 Å². The number of hydrogen-bond acceptors (Lipinski definition) is 6. The predicted octanol–water partition coefficient (Wildman–Crippen LogP) is 6.06. The van der Waals surface area contributed by atoms with Crippen LogP contribution in [0.5, 0.6) is 5.88 Å². The monoisotopic (exact) mass is 503 g/mol. The molecule has 3 aromatic rings. The number of nitrogens with zero attached hydrogens (tertiary/aromatic N) is 1. The topological polar surface area (TPSA) is 77.9 Å². The number of aliphatic hydroxyl groups is 1. The quantitative estimate of drug-likeness (QED) is 0.320. The van der Waals surface area contributed by atoms with E-state index in [1.54, 1.807) is 19.4 Å². The Hall–Kier alpha value is -3.22. The number of pyridine rings is 1. The van der Waals surface area contributed by atoms with Crippen molar-refractivity contribution in [3.8, 4) is 5.88 Å². The number of aromatic nitrogens is 1. The lowest BCUT2D eigenvalue weighted by Gasteiger charge is -2.33. The van der Waals surface area contributed by atoms with E-state index >= 15 is 0 Å². The van der Waals surface area contributed by atoms with Crippen molar-refractivity contribution >= 4 is 5.97 Å². The predicted molar refractivity (Wildman–Crippen MR) is 142 cm³/mol. The highest BCUT2D eigenvalue weighted by Gasteiger charge is 2.37. The first kappa shape index (κ1) is 26.8. The Kier molecular flexibility index (Phi) is 9.31. The van der Waals surface area contributed by atoms with Gasteiger partial charge in [0.2, 0.25) is 5.88 Å². The highest BCUT2D eigenvalue weighted by Crippen LogP contribution is 2.38. The number of carbonyl (C=O) groups excluding carboxylic acids is 1. The molecule has 0 radical (unpaired) electrons. The molecule has 6 heteroatoms. The summed E-state index contributed by atoms with van der Waals surface area (Å²) in [6.45, 7) is 2.47. The first-order chi connectivity index (χ1) is 18.0. The van der Waals surface area contributed by atoms with Crippen LogP contribution in [0.1, 0.15) is 73.6 Å². The molecular formula is C31H37NO5. The molecule has 196 valence electrons. The van der Waals surface area contributed by atoms with Crippen molar-refractivity contribution in [3.05, 3.63) is 95.2 Å². The first-order valence-corrected chi connectivity index (χ1v) is 13.1. The molecule has 0 amide bonds. The number of methoxy groups -OCH3 is 1. The summed E-state index contributed by atoms with van der Waals surface area (Å²) in [5.74, 6) is 0.155. The summed E-state index contributed by atoms with van der Waals surface area (Å²) in [7, 11) is 1.54. The van der Waals surface area contributed by atoms with Gasteiger partial charge in [-0.3, -0.25) is 4.79 Å². The average molecular weight is 504 g/mol. The summed E-state index contributed by atoms with van der Waals surface area (Å²) in [6.07, 6.45) is 5.55. The van der Waals surface area contributed by atoms with Crippen molar-refractivity contribution < 1.29 is 24.1 Å². The van der Waals surface area contributed by atoms with Gasteiger partial charge in [0, 0.05) is 17.7 Å². The van der Waals surface area contributed by atoms with Crippen LogP contribution in [0.2, 0.25) is 0 Å². The molecule has 0 saturated heterocycles. The van der Waals surface area contributed by atoms with Gasteiger partial charge in [0.05, 0.1) is 26.7 Å². The fraction of sp³-hybridized carbons (Fsp3) is 0.419. The molecule has 0 spiro atoms. The molecule has 1 aliphatic carbocycles. The Morgan fingerprint density at radius 1 is 1.00 bits per heavy atom. The third-order valence-electron chi connectivity index (χ3n) is 7.30. The summed E-state index contributed by atoms with van der Waals surface area (Å²) in [4.78, 5) is 17.6. The van der Waals surface area contributed by atoms with Gasteiger partial charge in [0.25, 0.3) is 0 Å². The van der Waals surface area contributed by atoms with Crippen molar-refractivity contribution in [2.24, 2.45) is 0 Å². The van der Waals surface area contributed by atoms with Crippen LogP contribution in [0.15, 0.2) is 72.9 Å². The van der Waals surface area contributed by atoms with Crippen molar-refractivity contribution in [2.45, 2.75) is 76.3 Å². The molecule has 4 rings (SSSR count). The lowest BCUT2D eigenvalue weighted by Crippen LogP contribution is -2.34. The second-order valence-electron chi connectivity index (χ2n) is 9.72. The van der Waals surface area contributed by atoms with Crippen molar-refractivity contribution in [2.75, 3.05) is 7.11 Å². The minimum Gasteiger partial charge on any atom is -0.481 e. The molecule has 37 heavy (non-hydrogen) atoms. The highest BCUT2D eigenvalue weighted by atomic mass is 16.5. The Labute approximate surface area is 219 Å². The maximum absolute atomic E-state index is 13.2. The molecule has 3 atom stereocenters. The van der Waals surface area contributed by atoms with Crippen LogP contribution >= 0.6 is 0 Å². The standard InChI is InChI=1S/C31H37NO5/c1-3-31(34,20-29(33)37-28-17-11-10-16-25(28)24-14-8-5-9-15-24)27-18-19-32-30(35-2)26(27)22-36-21-23-12-6-4-7-13-23/h4-9,12-15,18-19,25,28,34H,3,10-11,16-17,20-22H2,1-2H3/t25-,28+,31?/m0/s1. The fourth-order valence-electron chi connectivity index (χ4n) is 5.25. The van der Waals surface area contributed by atoms with E-state index in [1.807, 2.05) is 55.5 Å². The van der Waals surface area contributed by atoms with Crippen LogP contribution in [-0.4, -0.2) is 29.3 Å². The van der Waals surface area contributed by atoms with Crippen LogP contribution in [-0.2, 0) is 33.1 Å². The minimum absolute atomic E-state index is 0.152. The zero-order valence-electron chi connectivity index (χ0n) is 21.8. The molecule has 0 aliphatic heterocycles. The van der Waals surface area contributed by atoms with Gasteiger partial charge in [-0.25, -0.2) is 4.98 Å². The van der Waals surface area contributed by atoms with Crippen LogP contribution in [0.25, 0.3) is 0 Å². The Morgan fingerprint density at radius 3 is 2.41 bits per heavy atom. The number of ether oxygens (including phenoxy) is 3. The van der Waals surface area contributed by atoms with E-state index < -0.39 is 11.6 Å². The minimum atomic E-state index is -1.43. The van der Waals surface area contributed by atoms with Crippen LogP contribution in [0, 0.1) is 0 Å². The number of carbonyl (C=O) groups is 1. The summed E-state index contributed by atoms with van der Waals surface area (Å²) < 4.78 is 17.5. The third kappa shape index (κ3) is 6.76. The molecule has 0 bridgehead atoms. The molecule has 1 fully saturated rings. The number of esters is 1. The zero-order chi connectivity index (χ0) is 26.1. The second-order valence-corrected chi connectivity index (χ2v) is 9.72. The van der Waals surface area contributed by atoms with E-state index in [1.165, 1.54) is 5.56 Å². The SMILES string of the molecule is CCC(O)(CC(=O)O[C@@H]1CCCC[C@H]1c1ccccc1)c1ccnc(OC)c1COCc1ccccc1. The summed E-state index contributed by atoms with van der Waals surface area (Å²) >= 11 is 0. The van der Waals surface area contributed by atoms with E-state index in [9.17, 15) is 9.90 Å². The molecule has 1 aliphatic rings. The van der Waals surface area contributed by atoms with Gasteiger partial charge in [-0.1, -0.05) is 74.0 Å². The van der Waals surface area contributed by atoms with Crippen LogP contribution in [0.4, 0.5) is 0 Å². The first-order valence-electron chi connectivity index (χ1n) is 13.1. The number of benzene rings is 2. The average Bonchev–Trinajstić information content (AvgIpc) is 2.94. The Balaban J connectivity index is 1.49. The smallest absolute Gasteiger partial charge is 0.309 e. The molecular weight excluding hydrogens is 466 g/mol. The molecule has 2 aromatic carbocycles. The van der Waals surface area contributed by atoms with E-state index in [4.69, 9.17) is 14.2 Å². The molecule has 6 nitrogen and oxygen atoms in total. The fourth-order valence-corrected chi connectivity index (χ4v) is 5.25. The summed E-state index contributed by atoms with van der Waals surface area (Å²) in [5.41, 5.74) is 2.02. The largest absolute Gasteiger partial charge is 0.481 e. The van der Waals surface area contributed by atoms with Gasteiger partial charge in [-0.05, 0) is 48.4 Å². The van der Waals surface area contributed by atoms with Crippen LogP contribution in [0.3, 0.4) is 0 Å². The maximum atomic E-state index is 13.2. The summed E-state index contributed by atoms with van der Waals surface area (Å²) in [6, 6.07) is 21.9. The van der Waals surface area contributed by atoms with Gasteiger partial charge in [0.15, 0.2) is 0 Å². The van der Waals surface area contributed by atoms with Gasteiger partial charge in [-0.2, -0.15) is 0 Å². The van der Waals surface area contributed by atoms with E-state index in [0.717, 1.165) is 31.2 Å². The van der Waals surface area contributed by atoms with Gasteiger partial charge in [-0.15, -0.1) is 0 Å². The lowest BCUT2D eigenvalue weighted by atomic mass is 9.81. The zero-order valence-corrected chi connectivity index (χ0v) is 21.8. The number of rotatable bonds is 11. The van der Waals surface area contributed by atoms with Crippen LogP contribution < -0.4 is 4.74 Å². The maximum Gasteiger partial charge on any atom is 0.309 e. The Morgan fingerprint density at radius 2 is 1.70 bits per heavy atom. The normalized spacial score (nSPS) is 19.1. The number of hydrogen-bond donors (Lipinski definition) is 1. The molecule has 1 N–H and O–H groups in total. The second kappa shape index (κ2) is 12.8. The van der Waals surface area contributed by atoms with Gasteiger partial charge >= 0.3 is 5.97 Å². The van der Waals surface area contributed by atoms with Gasteiger partial charge in [0.1, 0.15) is 11.7 Å². The lowest BCUT2D eigenvalue weighted by molar-refractivity contribution is -0.158. The molecule has 1 aromatic heterocycles. The Bertz CT molecular complexity index is 1140.